The minimum atomic E-state index is -0.844. The molecule has 0 saturated carbocycles. The molecular weight excluding hydrogens is 338 g/mol. The highest BCUT2D eigenvalue weighted by Crippen LogP contribution is 2.32. The van der Waals surface area contributed by atoms with Gasteiger partial charge < -0.3 is 25.4 Å². The molecule has 0 saturated heterocycles. The smallest absolute Gasteiger partial charge is 0.313 e. The van der Waals surface area contributed by atoms with Crippen molar-refractivity contribution in [1.29, 1.82) is 0 Å². The molecule has 0 aromatic heterocycles. The fourth-order valence-electron chi connectivity index (χ4n) is 2.41. The third-order valence-corrected chi connectivity index (χ3v) is 3.74. The van der Waals surface area contributed by atoms with Gasteiger partial charge in [0.05, 0.1) is 11.3 Å². The van der Waals surface area contributed by atoms with Crippen LogP contribution in [0.15, 0.2) is 42.5 Å². The van der Waals surface area contributed by atoms with Crippen molar-refractivity contribution in [2.24, 2.45) is 0 Å². The standard InChI is InChI=1S/C18H17N3O5/c1-19-17(23)18(24)21-13-5-3-2-4-12(13)16(22)20-9-11-6-7-14-15(8-11)26-10-25-14/h2-8H,9-10H2,1H3,(H,19,23)(H,20,22)(H,21,24). The number of amides is 3. The quantitative estimate of drug-likeness (QED) is 0.711. The molecule has 8 nitrogen and oxygen atoms in total. The average molecular weight is 355 g/mol. The molecule has 3 rings (SSSR count). The van der Waals surface area contributed by atoms with Crippen LogP contribution in [0.3, 0.4) is 0 Å². The molecule has 0 aliphatic carbocycles. The van der Waals surface area contributed by atoms with E-state index in [4.69, 9.17) is 9.47 Å². The predicted octanol–water partition coefficient (Wildman–Crippen LogP) is 1.03. The summed E-state index contributed by atoms with van der Waals surface area (Å²) in [6.07, 6.45) is 0. The first-order chi connectivity index (χ1) is 12.6. The number of nitrogens with one attached hydrogen (secondary N) is 3. The third-order valence-electron chi connectivity index (χ3n) is 3.74. The van der Waals surface area contributed by atoms with E-state index in [1.165, 1.54) is 7.05 Å². The third kappa shape index (κ3) is 3.75. The fourth-order valence-corrected chi connectivity index (χ4v) is 2.41. The number of benzene rings is 2. The molecule has 8 heteroatoms. The van der Waals surface area contributed by atoms with Crippen LogP contribution < -0.4 is 25.4 Å². The van der Waals surface area contributed by atoms with Crippen molar-refractivity contribution in [1.82, 2.24) is 10.6 Å². The molecule has 0 atom stereocenters. The summed E-state index contributed by atoms with van der Waals surface area (Å²) in [5.74, 6) is -0.711. The van der Waals surface area contributed by atoms with Crippen LogP contribution in [-0.4, -0.2) is 31.6 Å². The van der Waals surface area contributed by atoms with Crippen molar-refractivity contribution < 1.29 is 23.9 Å². The second-order valence-corrected chi connectivity index (χ2v) is 5.45. The molecule has 0 spiro atoms. The summed E-state index contributed by atoms with van der Waals surface area (Å²) in [7, 11) is 1.35. The summed E-state index contributed by atoms with van der Waals surface area (Å²) in [4.78, 5) is 35.6. The number of rotatable bonds is 4. The topological polar surface area (TPSA) is 106 Å². The molecule has 3 amide bonds. The first-order valence-electron chi connectivity index (χ1n) is 7.87. The van der Waals surface area contributed by atoms with Crippen molar-refractivity contribution in [3.63, 3.8) is 0 Å². The summed E-state index contributed by atoms with van der Waals surface area (Å²) in [6, 6.07) is 11.8. The largest absolute Gasteiger partial charge is 0.454 e. The van der Waals surface area contributed by atoms with Gasteiger partial charge in [-0.3, -0.25) is 14.4 Å². The van der Waals surface area contributed by atoms with Crippen LogP contribution in [0.25, 0.3) is 0 Å². The summed E-state index contributed by atoms with van der Waals surface area (Å²) in [5, 5.41) is 7.43. The van der Waals surface area contributed by atoms with Gasteiger partial charge in [0.2, 0.25) is 6.79 Å². The SMILES string of the molecule is CNC(=O)C(=O)Nc1ccccc1C(=O)NCc1ccc2c(c1)OCO2. The number of para-hydroxylation sites is 1. The van der Waals surface area contributed by atoms with Gasteiger partial charge in [0, 0.05) is 13.6 Å². The molecule has 0 bridgehead atoms. The molecule has 0 fully saturated rings. The molecule has 0 radical (unpaired) electrons. The molecule has 26 heavy (non-hydrogen) atoms. The Morgan fingerprint density at radius 1 is 1.00 bits per heavy atom. The second-order valence-electron chi connectivity index (χ2n) is 5.45. The van der Waals surface area contributed by atoms with E-state index >= 15 is 0 Å². The highest BCUT2D eigenvalue weighted by molar-refractivity contribution is 6.39. The maximum absolute atomic E-state index is 12.5. The van der Waals surface area contributed by atoms with Crippen LogP contribution in [0.2, 0.25) is 0 Å². The van der Waals surface area contributed by atoms with Gasteiger partial charge >= 0.3 is 11.8 Å². The summed E-state index contributed by atoms with van der Waals surface area (Å²) < 4.78 is 10.6. The predicted molar refractivity (Wildman–Crippen MR) is 92.9 cm³/mol. The number of fused-ring (bicyclic) bond motifs is 1. The number of hydrogen-bond donors (Lipinski definition) is 3. The van der Waals surface area contributed by atoms with Crippen molar-refractivity contribution in [2.45, 2.75) is 6.54 Å². The lowest BCUT2D eigenvalue weighted by Gasteiger charge is -2.11. The average Bonchev–Trinajstić information content (AvgIpc) is 3.13. The normalized spacial score (nSPS) is 11.6. The Morgan fingerprint density at radius 2 is 1.77 bits per heavy atom. The Hall–Kier alpha value is -3.55. The van der Waals surface area contributed by atoms with E-state index in [1.807, 2.05) is 6.07 Å². The molecule has 2 aromatic rings. The summed E-state index contributed by atoms with van der Waals surface area (Å²) in [6.45, 7) is 0.455. The second kappa shape index (κ2) is 7.56. The molecule has 0 unspecified atom stereocenters. The van der Waals surface area contributed by atoms with E-state index in [9.17, 15) is 14.4 Å². The Balaban J connectivity index is 1.68. The Morgan fingerprint density at radius 3 is 2.58 bits per heavy atom. The van der Waals surface area contributed by atoms with Gasteiger partial charge in [-0.2, -0.15) is 0 Å². The maximum Gasteiger partial charge on any atom is 0.313 e. The first kappa shape index (κ1) is 17.3. The van der Waals surface area contributed by atoms with Crippen molar-refractivity contribution in [3.05, 3.63) is 53.6 Å². The fraction of sp³-hybridized carbons (Fsp3) is 0.167. The van der Waals surface area contributed by atoms with Gasteiger partial charge in [-0.15, -0.1) is 0 Å². The lowest BCUT2D eigenvalue weighted by atomic mass is 10.1. The minimum Gasteiger partial charge on any atom is -0.454 e. The van der Waals surface area contributed by atoms with Gasteiger partial charge in [-0.25, -0.2) is 0 Å². The van der Waals surface area contributed by atoms with E-state index in [2.05, 4.69) is 16.0 Å². The number of carbonyl (C=O) groups excluding carboxylic acids is 3. The van der Waals surface area contributed by atoms with Crippen molar-refractivity contribution in [2.75, 3.05) is 19.2 Å². The monoisotopic (exact) mass is 355 g/mol. The molecule has 3 N–H and O–H groups in total. The number of likely N-dealkylation sites (N-methyl/N-ethyl adjacent to an activating group) is 1. The van der Waals surface area contributed by atoms with Crippen LogP contribution >= 0.6 is 0 Å². The van der Waals surface area contributed by atoms with Crippen LogP contribution in [0.4, 0.5) is 5.69 Å². The minimum absolute atomic E-state index is 0.184. The van der Waals surface area contributed by atoms with Gasteiger partial charge in [0.25, 0.3) is 5.91 Å². The summed E-state index contributed by atoms with van der Waals surface area (Å²) in [5.41, 5.74) is 1.35. The van der Waals surface area contributed by atoms with Crippen LogP contribution in [0.5, 0.6) is 11.5 Å². The zero-order valence-corrected chi connectivity index (χ0v) is 14.0. The Labute approximate surface area is 149 Å². The highest BCUT2D eigenvalue weighted by atomic mass is 16.7. The molecule has 1 aliphatic rings. The van der Waals surface area contributed by atoms with Gasteiger partial charge in [0.1, 0.15) is 0 Å². The molecular formula is C18H17N3O5. The molecule has 2 aromatic carbocycles. The number of ether oxygens (including phenoxy) is 2. The van der Waals surface area contributed by atoms with Crippen LogP contribution in [0, 0.1) is 0 Å². The zero-order valence-electron chi connectivity index (χ0n) is 14.0. The van der Waals surface area contributed by atoms with Gasteiger partial charge in [-0.05, 0) is 29.8 Å². The molecule has 1 heterocycles. The number of anilines is 1. The first-order valence-corrected chi connectivity index (χ1v) is 7.87. The zero-order chi connectivity index (χ0) is 18.5. The molecule has 1 aliphatic heterocycles. The summed E-state index contributed by atoms with van der Waals surface area (Å²) >= 11 is 0. The van der Waals surface area contributed by atoms with E-state index in [1.54, 1.807) is 36.4 Å². The number of carbonyl (C=O) groups is 3. The van der Waals surface area contributed by atoms with Crippen LogP contribution in [-0.2, 0) is 16.1 Å². The van der Waals surface area contributed by atoms with Gasteiger partial charge in [-0.1, -0.05) is 18.2 Å². The van der Waals surface area contributed by atoms with E-state index in [0.29, 0.717) is 11.5 Å². The van der Waals surface area contributed by atoms with E-state index < -0.39 is 11.8 Å². The number of hydrogen-bond acceptors (Lipinski definition) is 5. The van der Waals surface area contributed by atoms with Crippen molar-refractivity contribution in [3.8, 4) is 11.5 Å². The Kier molecular flexibility index (Phi) is 5.02. The van der Waals surface area contributed by atoms with Crippen LogP contribution in [0.1, 0.15) is 15.9 Å². The lowest BCUT2D eigenvalue weighted by molar-refractivity contribution is -0.135. The molecule has 134 valence electrons. The maximum atomic E-state index is 12.5. The van der Waals surface area contributed by atoms with Gasteiger partial charge in [0.15, 0.2) is 11.5 Å². The van der Waals surface area contributed by atoms with Crippen molar-refractivity contribution >= 4 is 23.4 Å². The lowest BCUT2D eigenvalue weighted by Crippen LogP contribution is -2.33. The van der Waals surface area contributed by atoms with E-state index in [0.717, 1.165) is 5.56 Å². The highest BCUT2D eigenvalue weighted by Gasteiger charge is 2.17. The Bertz CT molecular complexity index is 866. The van der Waals surface area contributed by atoms with E-state index in [-0.39, 0.29) is 30.5 Å².